The van der Waals surface area contributed by atoms with E-state index in [1.165, 1.54) is 4.31 Å². The highest BCUT2D eigenvalue weighted by atomic mass is 32.2. The molecule has 1 N–H and O–H groups in total. The van der Waals surface area contributed by atoms with Crippen LogP contribution in [0.15, 0.2) is 0 Å². The normalized spacial score (nSPS) is 21.5. The minimum Gasteiger partial charge on any atom is -0.480 e. The number of carboxylic acids is 1. The lowest BCUT2D eigenvalue weighted by molar-refractivity contribution is -0.134. The fourth-order valence-corrected chi connectivity index (χ4v) is 3.03. The van der Waals surface area contributed by atoms with E-state index in [4.69, 9.17) is 9.84 Å². The van der Waals surface area contributed by atoms with Crippen LogP contribution in [0, 0.1) is 5.92 Å². The fraction of sp³-hybridized carbons (Fsp3) is 0.889. The van der Waals surface area contributed by atoms with Gasteiger partial charge in [-0.2, -0.15) is 0 Å². The molecule has 6 nitrogen and oxygen atoms in total. The summed E-state index contributed by atoms with van der Waals surface area (Å²) in [5, 5.41) is 8.52. The number of aliphatic carboxylic acids is 1. The highest BCUT2D eigenvalue weighted by molar-refractivity contribution is 7.89. The van der Waals surface area contributed by atoms with Gasteiger partial charge in [-0.1, -0.05) is 6.92 Å². The molecule has 0 spiro atoms. The van der Waals surface area contributed by atoms with Gasteiger partial charge in [-0.25, -0.2) is 12.7 Å². The van der Waals surface area contributed by atoms with Gasteiger partial charge in [0.15, 0.2) is 5.75 Å². The second-order valence-electron chi connectivity index (χ2n) is 3.83. The highest BCUT2D eigenvalue weighted by Gasteiger charge is 2.27. The Morgan fingerprint density at radius 2 is 2.25 bits per heavy atom. The standard InChI is InChI=1S/C9H17NO5S/c1-2-10(5-8-3-4-15-6-8)16(13,14)7-9(11)12/h8H,2-7H2,1H3,(H,11,12). The summed E-state index contributed by atoms with van der Waals surface area (Å²) in [6.45, 7) is 3.56. The molecule has 0 aromatic carbocycles. The number of sulfonamides is 1. The predicted octanol–water partition coefficient (Wildman–Crippen LogP) is -0.241. The highest BCUT2D eigenvalue weighted by Crippen LogP contribution is 2.15. The summed E-state index contributed by atoms with van der Waals surface area (Å²) in [6.07, 6.45) is 0.832. The monoisotopic (exact) mass is 251 g/mol. The largest absolute Gasteiger partial charge is 0.480 e. The van der Waals surface area contributed by atoms with Crippen LogP contribution >= 0.6 is 0 Å². The average Bonchev–Trinajstić information content (AvgIpc) is 2.63. The van der Waals surface area contributed by atoms with E-state index in [-0.39, 0.29) is 5.92 Å². The smallest absolute Gasteiger partial charge is 0.320 e. The molecule has 1 atom stereocenters. The van der Waals surface area contributed by atoms with Gasteiger partial charge in [-0.05, 0) is 12.3 Å². The van der Waals surface area contributed by atoms with E-state index in [9.17, 15) is 13.2 Å². The lowest BCUT2D eigenvalue weighted by Gasteiger charge is -2.22. The molecule has 1 rings (SSSR count). The van der Waals surface area contributed by atoms with Gasteiger partial charge in [0, 0.05) is 19.7 Å². The maximum atomic E-state index is 11.7. The Labute approximate surface area is 95.2 Å². The van der Waals surface area contributed by atoms with E-state index in [0.717, 1.165) is 6.42 Å². The molecule has 1 fully saturated rings. The van der Waals surface area contributed by atoms with Crippen LogP contribution in [-0.4, -0.2) is 55.9 Å². The first-order valence-electron chi connectivity index (χ1n) is 5.23. The maximum absolute atomic E-state index is 11.7. The van der Waals surface area contributed by atoms with Crippen molar-refractivity contribution in [3.8, 4) is 0 Å². The van der Waals surface area contributed by atoms with E-state index in [0.29, 0.717) is 26.3 Å². The first kappa shape index (κ1) is 13.4. The second kappa shape index (κ2) is 5.60. The Balaban J connectivity index is 2.61. The summed E-state index contributed by atoms with van der Waals surface area (Å²) in [7, 11) is -3.68. The van der Waals surface area contributed by atoms with Gasteiger partial charge in [-0.3, -0.25) is 4.79 Å². The van der Waals surface area contributed by atoms with Crippen LogP contribution in [-0.2, 0) is 19.6 Å². The molecule has 0 radical (unpaired) electrons. The van der Waals surface area contributed by atoms with E-state index in [2.05, 4.69) is 0 Å². The maximum Gasteiger partial charge on any atom is 0.320 e. The fourth-order valence-electron chi connectivity index (χ4n) is 1.70. The first-order valence-corrected chi connectivity index (χ1v) is 6.84. The van der Waals surface area contributed by atoms with Crippen LogP contribution in [0.2, 0.25) is 0 Å². The van der Waals surface area contributed by atoms with Gasteiger partial charge in [-0.15, -0.1) is 0 Å². The minimum atomic E-state index is -3.68. The average molecular weight is 251 g/mol. The lowest BCUT2D eigenvalue weighted by atomic mass is 10.1. The Morgan fingerprint density at radius 1 is 1.56 bits per heavy atom. The molecule has 0 aromatic heterocycles. The number of rotatable bonds is 6. The quantitative estimate of drug-likeness (QED) is 0.704. The van der Waals surface area contributed by atoms with Gasteiger partial charge in [0.25, 0.3) is 0 Å². The van der Waals surface area contributed by atoms with Gasteiger partial charge >= 0.3 is 5.97 Å². The topological polar surface area (TPSA) is 83.9 Å². The molecule has 16 heavy (non-hydrogen) atoms. The van der Waals surface area contributed by atoms with Crippen molar-refractivity contribution in [2.24, 2.45) is 5.92 Å². The molecule has 0 bridgehead atoms. The molecule has 7 heteroatoms. The van der Waals surface area contributed by atoms with Gasteiger partial charge in [0.2, 0.25) is 10.0 Å². The molecule has 0 amide bonds. The summed E-state index contributed by atoms with van der Waals surface area (Å²) < 4.78 is 29.7. The molecule has 94 valence electrons. The Kier molecular flexibility index (Phi) is 4.69. The third kappa shape index (κ3) is 3.73. The summed E-state index contributed by atoms with van der Waals surface area (Å²) in [5.74, 6) is -1.97. The third-order valence-corrected chi connectivity index (χ3v) is 4.34. The molecule has 0 saturated carbocycles. The minimum absolute atomic E-state index is 0.184. The van der Waals surface area contributed by atoms with Crippen molar-refractivity contribution in [1.82, 2.24) is 4.31 Å². The van der Waals surface area contributed by atoms with Crippen LogP contribution in [0.25, 0.3) is 0 Å². The SMILES string of the molecule is CCN(CC1CCOC1)S(=O)(=O)CC(=O)O. The van der Waals surface area contributed by atoms with Gasteiger partial charge < -0.3 is 9.84 Å². The van der Waals surface area contributed by atoms with E-state index >= 15 is 0 Å². The Morgan fingerprint density at radius 3 is 2.69 bits per heavy atom. The number of hydrogen-bond acceptors (Lipinski definition) is 4. The summed E-state index contributed by atoms with van der Waals surface area (Å²) in [6, 6.07) is 0. The third-order valence-electron chi connectivity index (χ3n) is 2.54. The molecule has 1 saturated heterocycles. The molecular weight excluding hydrogens is 234 g/mol. The zero-order valence-electron chi connectivity index (χ0n) is 9.26. The summed E-state index contributed by atoms with van der Waals surface area (Å²) >= 11 is 0. The van der Waals surface area contributed by atoms with E-state index < -0.39 is 21.7 Å². The number of ether oxygens (including phenoxy) is 1. The zero-order chi connectivity index (χ0) is 12.2. The van der Waals surface area contributed by atoms with Crippen molar-refractivity contribution in [2.45, 2.75) is 13.3 Å². The lowest BCUT2D eigenvalue weighted by Crippen LogP contribution is -2.38. The molecular formula is C9H17NO5S. The van der Waals surface area contributed by atoms with Crippen molar-refractivity contribution in [3.63, 3.8) is 0 Å². The second-order valence-corrected chi connectivity index (χ2v) is 5.80. The molecule has 1 aliphatic heterocycles. The molecule has 1 heterocycles. The summed E-state index contributed by atoms with van der Waals surface area (Å²) in [4.78, 5) is 10.4. The predicted molar refractivity (Wildman–Crippen MR) is 57.6 cm³/mol. The van der Waals surface area contributed by atoms with Crippen molar-refractivity contribution >= 4 is 16.0 Å². The number of nitrogens with zero attached hydrogens (tertiary/aromatic N) is 1. The van der Waals surface area contributed by atoms with E-state index in [1.54, 1.807) is 6.92 Å². The number of carbonyl (C=O) groups is 1. The first-order chi connectivity index (χ1) is 7.45. The van der Waals surface area contributed by atoms with Crippen molar-refractivity contribution in [3.05, 3.63) is 0 Å². The van der Waals surface area contributed by atoms with Crippen molar-refractivity contribution < 1.29 is 23.1 Å². The van der Waals surface area contributed by atoms with Crippen LogP contribution in [0.5, 0.6) is 0 Å². The van der Waals surface area contributed by atoms with Crippen molar-refractivity contribution in [1.29, 1.82) is 0 Å². The van der Waals surface area contributed by atoms with Crippen LogP contribution < -0.4 is 0 Å². The molecule has 1 unspecified atom stereocenters. The van der Waals surface area contributed by atoms with Crippen LogP contribution in [0.4, 0.5) is 0 Å². The molecule has 1 aliphatic rings. The van der Waals surface area contributed by atoms with Crippen LogP contribution in [0.3, 0.4) is 0 Å². The molecule has 0 aliphatic carbocycles. The zero-order valence-corrected chi connectivity index (χ0v) is 10.1. The van der Waals surface area contributed by atoms with Gasteiger partial charge in [0.05, 0.1) is 6.61 Å². The molecule has 0 aromatic rings. The number of carboxylic acid groups (broad SMARTS) is 1. The Bertz CT molecular complexity index is 334. The Hall–Kier alpha value is -0.660. The van der Waals surface area contributed by atoms with E-state index in [1.807, 2.05) is 0 Å². The van der Waals surface area contributed by atoms with Crippen LogP contribution in [0.1, 0.15) is 13.3 Å². The summed E-state index contributed by atoms with van der Waals surface area (Å²) in [5.41, 5.74) is 0. The van der Waals surface area contributed by atoms with Crippen molar-refractivity contribution in [2.75, 3.05) is 32.1 Å². The number of hydrogen-bond donors (Lipinski definition) is 1. The van der Waals surface area contributed by atoms with Gasteiger partial charge in [0.1, 0.15) is 0 Å².